The van der Waals surface area contributed by atoms with Crippen LogP contribution in [0.1, 0.15) is 5.56 Å². The van der Waals surface area contributed by atoms with Crippen molar-refractivity contribution in [1.82, 2.24) is 4.98 Å². The van der Waals surface area contributed by atoms with E-state index in [4.69, 9.17) is 11.6 Å². The summed E-state index contributed by atoms with van der Waals surface area (Å²) in [4.78, 5) is 4.50. The minimum atomic E-state index is 0.588. The van der Waals surface area contributed by atoms with Gasteiger partial charge in [0.15, 0.2) is 0 Å². The molecular formula is C16H10ClN3. The van der Waals surface area contributed by atoms with Gasteiger partial charge in [0.2, 0.25) is 0 Å². The average molecular weight is 280 g/mol. The Morgan fingerprint density at radius 1 is 1.05 bits per heavy atom. The van der Waals surface area contributed by atoms with E-state index in [0.29, 0.717) is 16.4 Å². The molecule has 3 aromatic rings. The fraction of sp³-hybridized carbons (Fsp3) is 0. The van der Waals surface area contributed by atoms with E-state index >= 15 is 0 Å². The zero-order valence-corrected chi connectivity index (χ0v) is 11.2. The number of fused-ring (bicyclic) bond motifs is 1. The van der Waals surface area contributed by atoms with Crippen molar-refractivity contribution in [3.63, 3.8) is 0 Å². The first-order valence-electron chi connectivity index (χ1n) is 6.09. The number of benzene rings is 2. The number of anilines is 2. The van der Waals surface area contributed by atoms with Crippen LogP contribution in [0, 0.1) is 11.3 Å². The molecule has 0 aliphatic carbocycles. The van der Waals surface area contributed by atoms with E-state index in [2.05, 4.69) is 16.4 Å². The van der Waals surface area contributed by atoms with Crippen LogP contribution in [0.3, 0.4) is 0 Å². The van der Waals surface area contributed by atoms with Gasteiger partial charge in [0, 0.05) is 5.39 Å². The minimum Gasteiger partial charge on any atom is -0.339 e. The lowest BCUT2D eigenvalue weighted by Crippen LogP contribution is -1.96. The highest BCUT2D eigenvalue weighted by Gasteiger charge is 2.06. The maximum absolute atomic E-state index is 9.25. The first-order valence-corrected chi connectivity index (χ1v) is 6.47. The van der Waals surface area contributed by atoms with Crippen LogP contribution in [0.4, 0.5) is 11.5 Å². The number of nitrogens with one attached hydrogen (secondary N) is 1. The van der Waals surface area contributed by atoms with Crippen LogP contribution in [0.15, 0.2) is 54.6 Å². The Kier molecular flexibility index (Phi) is 3.24. The van der Waals surface area contributed by atoms with Gasteiger partial charge in [-0.2, -0.15) is 5.26 Å². The van der Waals surface area contributed by atoms with Gasteiger partial charge in [-0.15, -0.1) is 0 Å². The van der Waals surface area contributed by atoms with Crippen molar-refractivity contribution in [3.05, 3.63) is 65.2 Å². The molecule has 0 aliphatic heterocycles. The van der Waals surface area contributed by atoms with Crippen LogP contribution in [-0.4, -0.2) is 4.98 Å². The van der Waals surface area contributed by atoms with Crippen molar-refractivity contribution >= 4 is 34.0 Å². The fourth-order valence-corrected chi connectivity index (χ4v) is 2.22. The molecule has 1 aromatic heterocycles. The van der Waals surface area contributed by atoms with Crippen molar-refractivity contribution < 1.29 is 0 Å². The van der Waals surface area contributed by atoms with Gasteiger partial charge < -0.3 is 5.32 Å². The normalized spacial score (nSPS) is 10.2. The second kappa shape index (κ2) is 5.20. The molecule has 0 atom stereocenters. The average Bonchev–Trinajstić information content (AvgIpc) is 2.49. The predicted octanol–water partition coefficient (Wildman–Crippen LogP) is 4.50. The quantitative estimate of drug-likeness (QED) is 0.751. The monoisotopic (exact) mass is 279 g/mol. The van der Waals surface area contributed by atoms with E-state index < -0.39 is 0 Å². The van der Waals surface area contributed by atoms with E-state index in [1.165, 1.54) is 0 Å². The number of halogens is 1. The smallest absolute Gasteiger partial charge is 0.132 e. The third-order valence-corrected chi connectivity index (χ3v) is 3.30. The first kappa shape index (κ1) is 12.5. The molecule has 20 heavy (non-hydrogen) atoms. The summed E-state index contributed by atoms with van der Waals surface area (Å²) in [6.45, 7) is 0. The molecule has 0 bridgehead atoms. The number of aromatic nitrogens is 1. The van der Waals surface area contributed by atoms with Gasteiger partial charge in [-0.3, -0.25) is 0 Å². The van der Waals surface area contributed by atoms with Crippen LogP contribution < -0.4 is 5.32 Å². The molecule has 0 saturated heterocycles. The van der Waals surface area contributed by atoms with Gasteiger partial charge in [-0.1, -0.05) is 41.9 Å². The molecule has 3 rings (SSSR count). The van der Waals surface area contributed by atoms with E-state index in [9.17, 15) is 5.26 Å². The van der Waals surface area contributed by atoms with Crippen LogP contribution in [0.5, 0.6) is 0 Å². The molecule has 0 radical (unpaired) electrons. The summed E-state index contributed by atoms with van der Waals surface area (Å²) < 4.78 is 0. The molecule has 96 valence electrons. The Morgan fingerprint density at radius 2 is 1.80 bits per heavy atom. The number of hydrogen-bond donors (Lipinski definition) is 1. The van der Waals surface area contributed by atoms with Crippen LogP contribution in [-0.2, 0) is 0 Å². The van der Waals surface area contributed by atoms with E-state index in [-0.39, 0.29) is 0 Å². The lowest BCUT2D eigenvalue weighted by Gasteiger charge is -2.09. The number of rotatable bonds is 2. The second-order valence-electron chi connectivity index (χ2n) is 4.29. The van der Waals surface area contributed by atoms with Crippen molar-refractivity contribution in [1.29, 1.82) is 5.26 Å². The molecule has 0 saturated carbocycles. The minimum absolute atomic E-state index is 0.588. The number of pyridine rings is 1. The molecule has 0 unspecified atom stereocenters. The second-order valence-corrected chi connectivity index (χ2v) is 4.70. The molecule has 0 amide bonds. The zero-order valence-electron chi connectivity index (χ0n) is 10.5. The predicted molar refractivity (Wildman–Crippen MR) is 81.2 cm³/mol. The van der Waals surface area contributed by atoms with Gasteiger partial charge in [0.25, 0.3) is 0 Å². The summed E-state index contributed by atoms with van der Waals surface area (Å²) in [6.07, 6.45) is 0. The molecule has 0 aliphatic rings. The van der Waals surface area contributed by atoms with E-state index in [0.717, 1.165) is 16.6 Å². The third kappa shape index (κ3) is 2.29. The number of hydrogen-bond acceptors (Lipinski definition) is 3. The molecule has 1 heterocycles. The van der Waals surface area contributed by atoms with Gasteiger partial charge in [-0.25, -0.2) is 4.98 Å². The standard InChI is InChI=1S/C16H10ClN3/c17-13-6-2-4-8-15(13)20-16-9-11(10-18)12-5-1-3-7-14(12)19-16/h1-9H,(H,19,20). The van der Waals surface area contributed by atoms with Gasteiger partial charge >= 0.3 is 0 Å². The highest BCUT2D eigenvalue weighted by Crippen LogP contribution is 2.26. The number of para-hydroxylation sites is 2. The summed E-state index contributed by atoms with van der Waals surface area (Å²) in [5.41, 5.74) is 2.13. The summed E-state index contributed by atoms with van der Waals surface area (Å²) in [5, 5.41) is 13.9. The highest BCUT2D eigenvalue weighted by molar-refractivity contribution is 6.33. The van der Waals surface area contributed by atoms with Gasteiger partial charge in [0.05, 0.1) is 27.9 Å². The van der Waals surface area contributed by atoms with Crippen molar-refractivity contribution in [2.45, 2.75) is 0 Å². The summed E-state index contributed by atoms with van der Waals surface area (Å²) in [7, 11) is 0. The first-order chi connectivity index (χ1) is 9.78. The molecule has 2 aromatic carbocycles. The Morgan fingerprint density at radius 3 is 2.60 bits per heavy atom. The van der Waals surface area contributed by atoms with E-state index in [1.807, 2.05) is 42.5 Å². The SMILES string of the molecule is N#Cc1cc(Nc2ccccc2Cl)nc2ccccc12. The van der Waals surface area contributed by atoms with Crippen LogP contribution in [0.2, 0.25) is 5.02 Å². The molecule has 1 N–H and O–H groups in total. The summed E-state index contributed by atoms with van der Waals surface area (Å²) >= 11 is 6.11. The largest absolute Gasteiger partial charge is 0.339 e. The maximum atomic E-state index is 9.25. The van der Waals surface area contributed by atoms with Crippen LogP contribution in [0.25, 0.3) is 10.9 Å². The Labute approximate surface area is 121 Å². The topological polar surface area (TPSA) is 48.7 Å². The van der Waals surface area contributed by atoms with Gasteiger partial charge in [-0.05, 0) is 24.3 Å². The fourth-order valence-electron chi connectivity index (χ4n) is 2.03. The molecule has 4 heteroatoms. The van der Waals surface area contributed by atoms with Crippen molar-refractivity contribution in [3.8, 4) is 6.07 Å². The Bertz CT molecular complexity index is 821. The maximum Gasteiger partial charge on any atom is 0.132 e. The number of nitrogens with zero attached hydrogens (tertiary/aromatic N) is 2. The molecule has 0 fully saturated rings. The van der Waals surface area contributed by atoms with Crippen molar-refractivity contribution in [2.75, 3.05) is 5.32 Å². The lowest BCUT2D eigenvalue weighted by atomic mass is 10.1. The Hall–Kier alpha value is -2.57. The molecule has 3 nitrogen and oxygen atoms in total. The Balaban J connectivity index is 2.09. The summed E-state index contributed by atoms with van der Waals surface area (Å²) in [6, 6.07) is 18.9. The van der Waals surface area contributed by atoms with E-state index in [1.54, 1.807) is 12.1 Å². The zero-order chi connectivity index (χ0) is 13.9. The van der Waals surface area contributed by atoms with Crippen LogP contribution >= 0.6 is 11.6 Å². The van der Waals surface area contributed by atoms with Crippen molar-refractivity contribution in [2.24, 2.45) is 0 Å². The number of nitriles is 1. The highest BCUT2D eigenvalue weighted by atomic mass is 35.5. The van der Waals surface area contributed by atoms with Gasteiger partial charge in [0.1, 0.15) is 5.82 Å². The molecule has 0 spiro atoms. The molecular weight excluding hydrogens is 270 g/mol. The lowest BCUT2D eigenvalue weighted by molar-refractivity contribution is 1.36. The summed E-state index contributed by atoms with van der Waals surface area (Å²) in [5.74, 6) is 0.605. The third-order valence-electron chi connectivity index (χ3n) is 2.97.